The molecule has 0 radical (unpaired) electrons. The van der Waals surface area contributed by atoms with E-state index in [1.165, 1.54) is 4.40 Å². The Morgan fingerprint density at radius 2 is 2.25 bits per heavy atom. The van der Waals surface area contributed by atoms with Gasteiger partial charge in [-0.1, -0.05) is 18.5 Å². The van der Waals surface area contributed by atoms with E-state index in [2.05, 4.69) is 4.98 Å². The van der Waals surface area contributed by atoms with E-state index in [0.717, 1.165) is 0 Å². The van der Waals surface area contributed by atoms with Crippen molar-refractivity contribution in [1.82, 2.24) is 9.38 Å². The number of hydrogen-bond acceptors (Lipinski definition) is 3. The molecule has 0 aliphatic heterocycles. The summed E-state index contributed by atoms with van der Waals surface area (Å²) in [6.45, 7) is 1.87. The first-order valence-corrected chi connectivity index (χ1v) is 5.30. The van der Waals surface area contributed by atoms with Gasteiger partial charge in [0.05, 0.1) is 18.9 Å². The van der Waals surface area contributed by atoms with E-state index < -0.39 is 0 Å². The molecule has 5 heteroatoms. The largest absolute Gasteiger partial charge is 0.495 e. The van der Waals surface area contributed by atoms with Gasteiger partial charge in [0, 0.05) is 0 Å². The Balaban J connectivity index is 2.84. The zero-order chi connectivity index (χ0) is 11.7. The van der Waals surface area contributed by atoms with Gasteiger partial charge < -0.3 is 4.74 Å². The standard InChI is InChI=1S/C11H11ClN2O2/c1-3-8-10(12)13-9-5-4-7(16-2)6-14(9)11(8)15/h4-6H,3H2,1-2H3. The summed E-state index contributed by atoms with van der Waals surface area (Å²) >= 11 is 5.93. The molecule has 0 spiro atoms. The van der Waals surface area contributed by atoms with Gasteiger partial charge in [-0.25, -0.2) is 4.98 Å². The third-order valence-corrected chi connectivity index (χ3v) is 2.74. The second kappa shape index (κ2) is 4.14. The Kier molecular flexibility index (Phi) is 2.83. The molecule has 2 heterocycles. The molecule has 0 atom stereocenters. The average Bonchev–Trinajstić information content (AvgIpc) is 2.29. The molecule has 2 aromatic heterocycles. The van der Waals surface area contributed by atoms with Gasteiger partial charge in [-0.15, -0.1) is 0 Å². The molecule has 2 aromatic rings. The van der Waals surface area contributed by atoms with E-state index in [0.29, 0.717) is 23.4 Å². The molecule has 2 rings (SSSR count). The maximum absolute atomic E-state index is 12.0. The maximum atomic E-state index is 12.0. The van der Waals surface area contributed by atoms with Crippen molar-refractivity contribution >= 4 is 17.2 Å². The van der Waals surface area contributed by atoms with Crippen molar-refractivity contribution in [3.8, 4) is 5.75 Å². The second-order valence-electron chi connectivity index (χ2n) is 3.34. The lowest BCUT2D eigenvalue weighted by Crippen LogP contribution is -2.19. The molecule has 0 aliphatic rings. The van der Waals surface area contributed by atoms with Gasteiger partial charge in [-0.2, -0.15) is 0 Å². The van der Waals surface area contributed by atoms with Crippen molar-refractivity contribution < 1.29 is 4.74 Å². The van der Waals surface area contributed by atoms with Gasteiger partial charge in [0.15, 0.2) is 0 Å². The monoisotopic (exact) mass is 238 g/mol. The first kappa shape index (κ1) is 11.0. The van der Waals surface area contributed by atoms with Crippen molar-refractivity contribution in [2.45, 2.75) is 13.3 Å². The van der Waals surface area contributed by atoms with Gasteiger partial charge in [-0.3, -0.25) is 9.20 Å². The molecule has 0 amide bonds. The van der Waals surface area contributed by atoms with E-state index in [4.69, 9.17) is 16.3 Å². The van der Waals surface area contributed by atoms with E-state index in [1.54, 1.807) is 25.4 Å². The van der Waals surface area contributed by atoms with Crippen molar-refractivity contribution in [2.24, 2.45) is 0 Å². The van der Waals surface area contributed by atoms with Crippen LogP contribution in [0.25, 0.3) is 5.65 Å². The van der Waals surface area contributed by atoms with Gasteiger partial charge >= 0.3 is 0 Å². The lowest BCUT2D eigenvalue weighted by atomic mass is 10.2. The Labute approximate surface area is 97.5 Å². The summed E-state index contributed by atoms with van der Waals surface area (Å²) in [5.74, 6) is 0.612. The number of methoxy groups -OCH3 is 1. The highest BCUT2D eigenvalue weighted by molar-refractivity contribution is 6.30. The molecule has 0 saturated heterocycles. The fraction of sp³-hybridized carbons (Fsp3) is 0.273. The summed E-state index contributed by atoms with van der Waals surface area (Å²) < 4.78 is 6.51. The molecule has 0 unspecified atom stereocenters. The summed E-state index contributed by atoms with van der Waals surface area (Å²) in [5, 5.41) is 0.276. The number of hydrogen-bond donors (Lipinski definition) is 0. The van der Waals surface area contributed by atoms with Crippen LogP contribution >= 0.6 is 11.6 Å². The Morgan fingerprint density at radius 3 is 2.88 bits per heavy atom. The molecule has 0 N–H and O–H groups in total. The molecular weight excluding hydrogens is 228 g/mol. The predicted octanol–water partition coefficient (Wildman–Crippen LogP) is 1.92. The fourth-order valence-electron chi connectivity index (χ4n) is 1.55. The normalized spacial score (nSPS) is 10.7. The van der Waals surface area contributed by atoms with Crippen LogP contribution in [0.3, 0.4) is 0 Å². The number of halogens is 1. The van der Waals surface area contributed by atoms with E-state index in [-0.39, 0.29) is 10.7 Å². The number of rotatable bonds is 2. The van der Waals surface area contributed by atoms with Crippen LogP contribution in [-0.4, -0.2) is 16.5 Å². The van der Waals surface area contributed by atoms with Gasteiger partial charge in [0.1, 0.15) is 16.5 Å². The van der Waals surface area contributed by atoms with Gasteiger partial charge in [0.25, 0.3) is 5.56 Å². The Hall–Kier alpha value is -1.55. The summed E-state index contributed by atoms with van der Waals surface area (Å²) in [5.41, 5.74) is 0.900. The van der Waals surface area contributed by atoms with Crippen LogP contribution in [-0.2, 0) is 6.42 Å². The first-order valence-electron chi connectivity index (χ1n) is 4.92. The van der Waals surface area contributed by atoms with Crippen LogP contribution < -0.4 is 10.3 Å². The van der Waals surface area contributed by atoms with Crippen LogP contribution in [0.4, 0.5) is 0 Å². The molecule has 16 heavy (non-hydrogen) atoms. The third kappa shape index (κ3) is 1.65. The minimum absolute atomic E-state index is 0.142. The third-order valence-electron chi connectivity index (χ3n) is 2.43. The zero-order valence-electron chi connectivity index (χ0n) is 9.03. The molecule has 0 saturated carbocycles. The van der Waals surface area contributed by atoms with Crippen LogP contribution in [0, 0.1) is 0 Å². The van der Waals surface area contributed by atoms with Crippen molar-refractivity contribution in [1.29, 1.82) is 0 Å². The SMILES string of the molecule is CCc1c(Cl)nc2ccc(OC)cn2c1=O. The lowest BCUT2D eigenvalue weighted by molar-refractivity contribution is 0.412. The van der Waals surface area contributed by atoms with Crippen molar-refractivity contribution in [3.63, 3.8) is 0 Å². The average molecular weight is 239 g/mol. The number of nitrogens with zero attached hydrogens (tertiary/aromatic N) is 2. The number of pyridine rings is 1. The van der Waals surface area contributed by atoms with Crippen LogP contribution in [0.1, 0.15) is 12.5 Å². The number of fused-ring (bicyclic) bond motifs is 1. The molecule has 84 valence electrons. The zero-order valence-corrected chi connectivity index (χ0v) is 9.78. The summed E-state index contributed by atoms with van der Waals surface area (Å²) in [6, 6.07) is 3.44. The summed E-state index contributed by atoms with van der Waals surface area (Å²) in [7, 11) is 1.55. The van der Waals surface area contributed by atoms with Crippen LogP contribution in [0.2, 0.25) is 5.15 Å². The molecule has 0 aliphatic carbocycles. The van der Waals surface area contributed by atoms with E-state index >= 15 is 0 Å². The van der Waals surface area contributed by atoms with Gasteiger partial charge in [0.2, 0.25) is 0 Å². The Bertz CT molecular complexity index is 592. The minimum Gasteiger partial charge on any atom is -0.495 e. The van der Waals surface area contributed by atoms with E-state index in [1.807, 2.05) is 6.92 Å². The highest BCUT2D eigenvalue weighted by atomic mass is 35.5. The van der Waals surface area contributed by atoms with E-state index in [9.17, 15) is 4.79 Å². The number of ether oxygens (including phenoxy) is 1. The molecule has 0 aromatic carbocycles. The lowest BCUT2D eigenvalue weighted by Gasteiger charge is -2.06. The van der Waals surface area contributed by atoms with Crippen LogP contribution in [0.5, 0.6) is 5.75 Å². The van der Waals surface area contributed by atoms with Gasteiger partial charge in [-0.05, 0) is 18.6 Å². The first-order chi connectivity index (χ1) is 7.67. The molecule has 0 fully saturated rings. The summed E-state index contributed by atoms with van der Waals surface area (Å²) in [6.07, 6.45) is 2.17. The maximum Gasteiger partial charge on any atom is 0.262 e. The van der Waals surface area contributed by atoms with Crippen molar-refractivity contribution in [3.05, 3.63) is 39.4 Å². The highest BCUT2D eigenvalue weighted by Crippen LogP contribution is 2.14. The quantitative estimate of drug-likeness (QED) is 0.751. The topological polar surface area (TPSA) is 43.6 Å². The van der Waals surface area contributed by atoms with Crippen molar-refractivity contribution in [2.75, 3.05) is 7.11 Å². The molecule has 0 bridgehead atoms. The minimum atomic E-state index is -0.142. The number of aromatic nitrogens is 2. The Morgan fingerprint density at radius 1 is 1.50 bits per heavy atom. The van der Waals surface area contributed by atoms with Crippen LogP contribution in [0.15, 0.2) is 23.1 Å². The predicted molar refractivity (Wildman–Crippen MR) is 62.4 cm³/mol. The highest BCUT2D eigenvalue weighted by Gasteiger charge is 2.09. The summed E-state index contributed by atoms with van der Waals surface area (Å²) in [4.78, 5) is 16.2. The fourth-order valence-corrected chi connectivity index (χ4v) is 1.85. The second-order valence-corrected chi connectivity index (χ2v) is 3.70. The smallest absolute Gasteiger partial charge is 0.262 e. The molecular formula is C11H11ClN2O2. The molecule has 4 nitrogen and oxygen atoms in total.